The first-order valence-electron chi connectivity index (χ1n) is 7.84. The zero-order valence-electron chi connectivity index (χ0n) is 14.3. The molecule has 0 fully saturated rings. The van der Waals surface area contributed by atoms with Crippen LogP contribution in [0.4, 0.5) is 5.69 Å². The van der Waals surface area contributed by atoms with Gasteiger partial charge in [0.15, 0.2) is 11.8 Å². The van der Waals surface area contributed by atoms with Gasteiger partial charge in [-0.3, -0.25) is 4.79 Å². The smallest absolute Gasteiger partial charge is 0.262 e. The lowest BCUT2D eigenvalue weighted by atomic mass is 10.2. The monoisotopic (exact) mass is 432 g/mol. The number of amides is 1. The summed E-state index contributed by atoms with van der Waals surface area (Å²) in [6.45, 7) is 1.94. The Bertz CT molecular complexity index is 912. The van der Waals surface area contributed by atoms with Gasteiger partial charge in [0.25, 0.3) is 5.91 Å². The molecule has 0 bridgehead atoms. The molecule has 3 aromatic rings. The lowest BCUT2D eigenvalue weighted by Crippen LogP contribution is -2.20. The van der Waals surface area contributed by atoms with Crippen LogP contribution in [0, 0.1) is 6.92 Å². The number of carbonyl (C=O) groups excluding carboxylic acids is 1. The SMILES string of the molecule is Cc1ccc(OCC(=O)Nc2ccccc2Sc2nc(Br)nn2C)cc1. The van der Waals surface area contributed by atoms with E-state index in [0.29, 0.717) is 16.2 Å². The van der Waals surface area contributed by atoms with Gasteiger partial charge in [-0.1, -0.05) is 29.8 Å². The predicted molar refractivity (Wildman–Crippen MR) is 105 cm³/mol. The number of para-hydroxylation sites is 1. The summed E-state index contributed by atoms with van der Waals surface area (Å²) < 4.78 is 7.72. The van der Waals surface area contributed by atoms with E-state index in [2.05, 4.69) is 31.3 Å². The number of benzene rings is 2. The second-order valence-corrected chi connectivity index (χ2v) is 7.25. The van der Waals surface area contributed by atoms with Crippen molar-refractivity contribution < 1.29 is 9.53 Å². The molecule has 0 aliphatic rings. The molecule has 0 aliphatic heterocycles. The second kappa shape index (κ2) is 8.37. The Morgan fingerprint density at radius 1 is 1.23 bits per heavy atom. The van der Waals surface area contributed by atoms with E-state index in [-0.39, 0.29) is 12.5 Å². The van der Waals surface area contributed by atoms with E-state index in [1.54, 1.807) is 4.68 Å². The molecule has 0 saturated heterocycles. The molecular formula is C18H17BrN4O2S. The first-order valence-corrected chi connectivity index (χ1v) is 9.45. The van der Waals surface area contributed by atoms with Crippen LogP contribution in [0.5, 0.6) is 5.75 Å². The standard InChI is InChI=1S/C18H17BrN4O2S/c1-12-7-9-13(10-8-12)25-11-16(24)20-14-5-3-4-6-15(14)26-18-21-17(19)22-23(18)2/h3-10H,11H2,1-2H3,(H,20,24). The van der Waals surface area contributed by atoms with Gasteiger partial charge >= 0.3 is 0 Å². The summed E-state index contributed by atoms with van der Waals surface area (Å²) in [5.41, 5.74) is 1.84. The Hall–Kier alpha value is -2.32. The third kappa shape index (κ3) is 4.86. The lowest BCUT2D eigenvalue weighted by Gasteiger charge is -2.11. The number of ether oxygens (including phenoxy) is 1. The van der Waals surface area contributed by atoms with Crippen molar-refractivity contribution in [3.63, 3.8) is 0 Å². The van der Waals surface area contributed by atoms with Gasteiger partial charge in [-0.05, 0) is 58.9 Å². The Kier molecular flexibility index (Phi) is 5.95. The van der Waals surface area contributed by atoms with Crippen LogP contribution in [0.1, 0.15) is 5.56 Å². The number of aromatic nitrogens is 3. The number of nitrogens with one attached hydrogen (secondary N) is 1. The quantitative estimate of drug-likeness (QED) is 0.635. The van der Waals surface area contributed by atoms with E-state index in [1.807, 2.05) is 62.5 Å². The summed E-state index contributed by atoms with van der Waals surface area (Å²) in [4.78, 5) is 17.4. The number of carbonyl (C=O) groups is 1. The van der Waals surface area contributed by atoms with Crippen LogP contribution in [-0.4, -0.2) is 27.3 Å². The molecule has 1 aromatic heterocycles. The zero-order chi connectivity index (χ0) is 18.5. The fourth-order valence-corrected chi connectivity index (χ4v) is 3.56. The molecule has 6 nitrogen and oxygen atoms in total. The first-order chi connectivity index (χ1) is 12.5. The lowest BCUT2D eigenvalue weighted by molar-refractivity contribution is -0.118. The third-order valence-corrected chi connectivity index (χ3v) is 4.90. The summed E-state index contributed by atoms with van der Waals surface area (Å²) in [5.74, 6) is 0.440. The van der Waals surface area contributed by atoms with Crippen molar-refractivity contribution in [3.05, 3.63) is 58.8 Å². The Morgan fingerprint density at radius 2 is 1.96 bits per heavy atom. The van der Waals surface area contributed by atoms with Crippen molar-refractivity contribution >= 4 is 39.3 Å². The molecule has 1 amide bonds. The molecule has 134 valence electrons. The minimum atomic E-state index is -0.224. The maximum absolute atomic E-state index is 12.2. The molecule has 1 N–H and O–H groups in total. The Balaban J connectivity index is 1.64. The maximum atomic E-state index is 12.2. The predicted octanol–water partition coefficient (Wildman–Crippen LogP) is 4.05. The molecule has 0 saturated carbocycles. The number of hydrogen-bond acceptors (Lipinski definition) is 5. The van der Waals surface area contributed by atoms with Gasteiger partial charge in [-0.25, -0.2) is 4.68 Å². The van der Waals surface area contributed by atoms with E-state index in [0.717, 1.165) is 15.6 Å². The van der Waals surface area contributed by atoms with Gasteiger partial charge in [0, 0.05) is 11.9 Å². The fraction of sp³-hybridized carbons (Fsp3) is 0.167. The minimum absolute atomic E-state index is 0.0580. The van der Waals surface area contributed by atoms with Gasteiger partial charge in [0.05, 0.1) is 5.69 Å². The normalized spacial score (nSPS) is 10.6. The van der Waals surface area contributed by atoms with Gasteiger partial charge in [0.1, 0.15) is 5.75 Å². The summed E-state index contributed by atoms with van der Waals surface area (Å²) in [5, 5.41) is 7.76. The van der Waals surface area contributed by atoms with Crippen LogP contribution in [0.3, 0.4) is 0 Å². The zero-order valence-corrected chi connectivity index (χ0v) is 16.7. The molecule has 0 atom stereocenters. The van der Waals surface area contributed by atoms with Crippen LogP contribution < -0.4 is 10.1 Å². The molecule has 3 rings (SSSR count). The molecule has 0 radical (unpaired) electrons. The molecule has 0 aliphatic carbocycles. The number of halogens is 1. The van der Waals surface area contributed by atoms with Crippen molar-refractivity contribution in [2.24, 2.45) is 7.05 Å². The first kappa shape index (κ1) is 18.5. The molecule has 8 heteroatoms. The van der Waals surface area contributed by atoms with E-state index < -0.39 is 0 Å². The number of aryl methyl sites for hydroxylation is 2. The second-order valence-electron chi connectivity index (χ2n) is 5.54. The summed E-state index contributed by atoms with van der Waals surface area (Å²) in [6.07, 6.45) is 0. The van der Waals surface area contributed by atoms with Crippen molar-refractivity contribution in [1.82, 2.24) is 14.8 Å². The van der Waals surface area contributed by atoms with Gasteiger partial charge in [-0.2, -0.15) is 4.98 Å². The van der Waals surface area contributed by atoms with E-state index in [1.165, 1.54) is 11.8 Å². The average Bonchev–Trinajstić information content (AvgIpc) is 2.93. The van der Waals surface area contributed by atoms with Crippen molar-refractivity contribution in [3.8, 4) is 5.75 Å². The Morgan fingerprint density at radius 3 is 2.65 bits per heavy atom. The van der Waals surface area contributed by atoms with Crippen molar-refractivity contribution in [2.45, 2.75) is 17.0 Å². The van der Waals surface area contributed by atoms with Gasteiger partial charge < -0.3 is 10.1 Å². The number of rotatable bonds is 6. The van der Waals surface area contributed by atoms with Crippen LogP contribution in [0.15, 0.2) is 63.3 Å². The summed E-state index contributed by atoms with van der Waals surface area (Å²) >= 11 is 4.68. The van der Waals surface area contributed by atoms with Crippen molar-refractivity contribution in [2.75, 3.05) is 11.9 Å². The largest absolute Gasteiger partial charge is 0.484 e. The Labute approximate surface area is 164 Å². The highest BCUT2D eigenvalue weighted by atomic mass is 79.9. The summed E-state index contributed by atoms with van der Waals surface area (Å²) in [6, 6.07) is 15.1. The number of anilines is 1. The fourth-order valence-electron chi connectivity index (χ4n) is 2.16. The highest BCUT2D eigenvalue weighted by molar-refractivity contribution is 9.10. The van der Waals surface area contributed by atoms with E-state index in [9.17, 15) is 4.79 Å². The van der Waals surface area contributed by atoms with Crippen LogP contribution >= 0.6 is 27.7 Å². The third-order valence-electron chi connectivity index (χ3n) is 3.45. The molecule has 2 aromatic carbocycles. The topological polar surface area (TPSA) is 69.0 Å². The summed E-state index contributed by atoms with van der Waals surface area (Å²) in [7, 11) is 1.82. The minimum Gasteiger partial charge on any atom is -0.484 e. The maximum Gasteiger partial charge on any atom is 0.262 e. The molecule has 26 heavy (non-hydrogen) atoms. The molecule has 0 spiro atoms. The highest BCUT2D eigenvalue weighted by Gasteiger charge is 2.12. The average molecular weight is 433 g/mol. The molecular weight excluding hydrogens is 416 g/mol. The number of nitrogens with zero attached hydrogens (tertiary/aromatic N) is 3. The van der Waals surface area contributed by atoms with E-state index >= 15 is 0 Å². The molecule has 1 heterocycles. The van der Waals surface area contributed by atoms with Crippen LogP contribution in [-0.2, 0) is 11.8 Å². The number of hydrogen-bond donors (Lipinski definition) is 1. The van der Waals surface area contributed by atoms with E-state index in [4.69, 9.17) is 4.74 Å². The van der Waals surface area contributed by atoms with Crippen LogP contribution in [0.2, 0.25) is 0 Å². The highest BCUT2D eigenvalue weighted by Crippen LogP contribution is 2.32. The van der Waals surface area contributed by atoms with Gasteiger partial charge in [0.2, 0.25) is 4.73 Å². The van der Waals surface area contributed by atoms with Crippen molar-refractivity contribution in [1.29, 1.82) is 0 Å². The molecule has 0 unspecified atom stereocenters. The van der Waals surface area contributed by atoms with Crippen LogP contribution in [0.25, 0.3) is 0 Å². The van der Waals surface area contributed by atoms with Gasteiger partial charge in [-0.15, -0.1) is 5.10 Å².